The van der Waals surface area contributed by atoms with Crippen molar-refractivity contribution in [2.45, 2.75) is 18.9 Å². The van der Waals surface area contributed by atoms with Crippen molar-refractivity contribution < 1.29 is 13.9 Å². The molecule has 0 aromatic heterocycles. The Morgan fingerprint density at radius 1 is 1.00 bits per heavy atom. The summed E-state index contributed by atoms with van der Waals surface area (Å²) in [5.41, 5.74) is -0.741. The van der Waals surface area contributed by atoms with Gasteiger partial charge in [-0.2, -0.15) is 0 Å². The molecule has 0 aliphatic rings. The van der Waals surface area contributed by atoms with Gasteiger partial charge in [0.2, 0.25) is 0 Å². The molecule has 0 bridgehead atoms. The number of aliphatic hydroxyl groups is 1. The largest absolute Gasteiger partial charge is 0.380 e. The quantitative estimate of drug-likeness (QED) is 0.879. The molecule has 1 nitrogen and oxygen atoms in total. The van der Waals surface area contributed by atoms with Crippen LogP contribution in [0, 0.1) is 11.6 Å². The summed E-state index contributed by atoms with van der Waals surface area (Å²) in [6, 6.07) is 11.6. The van der Waals surface area contributed by atoms with Crippen molar-refractivity contribution in [3.05, 3.63) is 71.3 Å². The minimum Gasteiger partial charge on any atom is -0.380 e. The molecular weight excluding hydrogens is 234 g/mol. The van der Waals surface area contributed by atoms with Gasteiger partial charge in [-0.3, -0.25) is 0 Å². The second kappa shape index (κ2) is 4.86. The molecule has 1 atom stereocenters. The summed E-state index contributed by atoms with van der Waals surface area (Å²) in [7, 11) is 0. The molecular formula is C15H14F2O. The minimum atomic E-state index is -1.43. The Morgan fingerprint density at radius 3 is 2.17 bits per heavy atom. The Morgan fingerprint density at radius 2 is 1.61 bits per heavy atom. The molecule has 18 heavy (non-hydrogen) atoms. The molecule has 0 saturated heterocycles. The van der Waals surface area contributed by atoms with E-state index in [-0.39, 0.29) is 11.4 Å². The van der Waals surface area contributed by atoms with Crippen LogP contribution in [-0.4, -0.2) is 5.11 Å². The first-order valence-electron chi connectivity index (χ1n) is 5.81. The minimum absolute atomic E-state index is 0.208. The van der Waals surface area contributed by atoms with E-state index in [0.717, 1.165) is 0 Å². The zero-order valence-corrected chi connectivity index (χ0v) is 10.0. The van der Waals surface area contributed by atoms with E-state index in [4.69, 9.17) is 0 Å². The number of benzene rings is 2. The third-order valence-electron chi connectivity index (χ3n) is 3.15. The standard InChI is InChI=1S/C15H14F2O/c1-2-15(18,11-7-9-12(16)10-8-11)13-5-3-4-6-14(13)17/h3-10,18H,2H2,1H3. The summed E-state index contributed by atoms with van der Waals surface area (Å²) < 4.78 is 26.7. The van der Waals surface area contributed by atoms with Crippen molar-refractivity contribution in [1.29, 1.82) is 0 Å². The summed E-state index contributed by atoms with van der Waals surface area (Å²) in [5, 5.41) is 10.7. The van der Waals surface area contributed by atoms with Gasteiger partial charge in [0.05, 0.1) is 0 Å². The molecule has 2 rings (SSSR count). The fourth-order valence-corrected chi connectivity index (χ4v) is 2.07. The molecule has 0 heterocycles. The summed E-state index contributed by atoms with van der Waals surface area (Å²) >= 11 is 0. The Hall–Kier alpha value is -1.74. The number of hydrogen-bond donors (Lipinski definition) is 1. The van der Waals surface area contributed by atoms with Crippen LogP contribution in [0.15, 0.2) is 48.5 Å². The Labute approximate surface area is 105 Å². The van der Waals surface area contributed by atoms with E-state index in [1.165, 1.54) is 30.3 Å². The predicted molar refractivity (Wildman–Crippen MR) is 66.1 cm³/mol. The molecule has 0 amide bonds. The lowest BCUT2D eigenvalue weighted by molar-refractivity contribution is 0.0725. The molecule has 0 saturated carbocycles. The van der Waals surface area contributed by atoms with E-state index in [1.807, 2.05) is 0 Å². The average molecular weight is 248 g/mol. The van der Waals surface area contributed by atoms with Gasteiger partial charge in [-0.25, -0.2) is 8.78 Å². The van der Waals surface area contributed by atoms with Crippen LogP contribution in [0.2, 0.25) is 0 Å². The van der Waals surface area contributed by atoms with Crippen molar-refractivity contribution >= 4 is 0 Å². The highest BCUT2D eigenvalue weighted by Crippen LogP contribution is 2.34. The zero-order chi connectivity index (χ0) is 13.2. The van der Waals surface area contributed by atoms with Gasteiger partial charge in [0.15, 0.2) is 0 Å². The van der Waals surface area contributed by atoms with Gasteiger partial charge in [0.1, 0.15) is 17.2 Å². The smallest absolute Gasteiger partial charge is 0.129 e. The maximum atomic E-state index is 13.8. The maximum absolute atomic E-state index is 13.8. The Bertz CT molecular complexity index is 536. The van der Waals surface area contributed by atoms with E-state index in [1.54, 1.807) is 25.1 Å². The first kappa shape index (κ1) is 12.7. The Balaban J connectivity index is 2.55. The fourth-order valence-electron chi connectivity index (χ4n) is 2.07. The molecule has 2 aromatic carbocycles. The van der Waals surface area contributed by atoms with Gasteiger partial charge >= 0.3 is 0 Å². The van der Waals surface area contributed by atoms with E-state index >= 15 is 0 Å². The van der Waals surface area contributed by atoms with Crippen LogP contribution in [0.4, 0.5) is 8.78 Å². The summed E-state index contributed by atoms with van der Waals surface area (Å²) in [5.74, 6) is -0.850. The molecule has 3 heteroatoms. The van der Waals surface area contributed by atoms with Gasteiger partial charge in [0, 0.05) is 5.56 Å². The molecule has 0 spiro atoms. The molecule has 0 aliphatic carbocycles. The number of rotatable bonds is 3. The van der Waals surface area contributed by atoms with E-state index in [9.17, 15) is 13.9 Å². The molecule has 94 valence electrons. The summed E-state index contributed by atoms with van der Waals surface area (Å²) in [6.45, 7) is 1.76. The van der Waals surface area contributed by atoms with Gasteiger partial charge in [-0.05, 0) is 30.2 Å². The number of hydrogen-bond acceptors (Lipinski definition) is 1. The second-order valence-corrected chi connectivity index (χ2v) is 4.20. The van der Waals surface area contributed by atoms with Crippen LogP contribution in [0.3, 0.4) is 0 Å². The molecule has 1 N–H and O–H groups in total. The van der Waals surface area contributed by atoms with Crippen molar-refractivity contribution in [1.82, 2.24) is 0 Å². The molecule has 0 aliphatic heterocycles. The van der Waals surface area contributed by atoms with Crippen molar-refractivity contribution in [2.24, 2.45) is 0 Å². The summed E-state index contributed by atoms with van der Waals surface area (Å²) in [4.78, 5) is 0. The summed E-state index contributed by atoms with van der Waals surface area (Å²) in [6.07, 6.45) is 0.305. The highest BCUT2D eigenvalue weighted by molar-refractivity contribution is 5.36. The normalized spacial score (nSPS) is 14.2. The zero-order valence-electron chi connectivity index (χ0n) is 10.0. The molecule has 1 unspecified atom stereocenters. The van der Waals surface area contributed by atoms with Crippen LogP contribution in [-0.2, 0) is 5.60 Å². The lowest BCUT2D eigenvalue weighted by Crippen LogP contribution is -2.27. The lowest BCUT2D eigenvalue weighted by Gasteiger charge is -2.28. The van der Waals surface area contributed by atoms with Crippen LogP contribution >= 0.6 is 0 Å². The van der Waals surface area contributed by atoms with Crippen LogP contribution in [0.5, 0.6) is 0 Å². The van der Waals surface area contributed by atoms with Gasteiger partial charge < -0.3 is 5.11 Å². The molecule has 0 fully saturated rings. The highest BCUT2D eigenvalue weighted by atomic mass is 19.1. The fraction of sp³-hybridized carbons (Fsp3) is 0.200. The first-order valence-corrected chi connectivity index (χ1v) is 5.81. The maximum Gasteiger partial charge on any atom is 0.129 e. The lowest BCUT2D eigenvalue weighted by atomic mass is 9.84. The topological polar surface area (TPSA) is 20.2 Å². The van der Waals surface area contributed by atoms with Crippen LogP contribution < -0.4 is 0 Å². The molecule has 2 aromatic rings. The van der Waals surface area contributed by atoms with Gasteiger partial charge in [0.25, 0.3) is 0 Å². The van der Waals surface area contributed by atoms with Crippen molar-refractivity contribution in [3.8, 4) is 0 Å². The first-order chi connectivity index (χ1) is 8.58. The third-order valence-corrected chi connectivity index (χ3v) is 3.15. The molecule has 0 radical (unpaired) electrons. The van der Waals surface area contributed by atoms with Gasteiger partial charge in [-0.15, -0.1) is 0 Å². The van der Waals surface area contributed by atoms with E-state index < -0.39 is 11.4 Å². The number of halogens is 2. The van der Waals surface area contributed by atoms with Crippen LogP contribution in [0.1, 0.15) is 24.5 Å². The van der Waals surface area contributed by atoms with Crippen molar-refractivity contribution in [3.63, 3.8) is 0 Å². The second-order valence-electron chi connectivity index (χ2n) is 4.20. The van der Waals surface area contributed by atoms with Crippen LogP contribution in [0.25, 0.3) is 0 Å². The predicted octanol–water partition coefficient (Wildman–Crippen LogP) is 3.61. The monoisotopic (exact) mass is 248 g/mol. The van der Waals surface area contributed by atoms with E-state index in [0.29, 0.717) is 12.0 Å². The highest BCUT2D eigenvalue weighted by Gasteiger charge is 2.31. The van der Waals surface area contributed by atoms with Crippen molar-refractivity contribution in [2.75, 3.05) is 0 Å². The van der Waals surface area contributed by atoms with Gasteiger partial charge in [-0.1, -0.05) is 37.3 Å². The van der Waals surface area contributed by atoms with E-state index in [2.05, 4.69) is 0 Å². The average Bonchev–Trinajstić information content (AvgIpc) is 2.39. The third kappa shape index (κ3) is 2.14. The SMILES string of the molecule is CCC(O)(c1ccc(F)cc1)c1ccccc1F. The Kier molecular flexibility index (Phi) is 3.43.